The maximum atomic E-state index is 12.4. The van der Waals surface area contributed by atoms with Crippen molar-refractivity contribution < 1.29 is 0 Å². The van der Waals surface area contributed by atoms with E-state index in [9.17, 15) is 9.59 Å². The van der Waals surface area contributed by atoms with Gasteiger partial charge in [0.1, 0.15) is 5.82 Å². The first-order valence-electron chi connectivity index (χ1n) is 9.60. The summed E-state index contributed by atoms with van der Waals surface area (Å²) in [5.41, 5.74) is 1.03. The summed E-state index contributed by atoms with van der Waals surface area (Å²) in [4.78, 5) is 36.2. The molecule has 0 unspecified atom stereocenters. The molecule has 30 heavy (non-hydrogen) atoms. The van der Waals surface area contributed by atoms with Crippen molar-refractivity contribution in [3.05, 3.63) is 67.8 Å². The number of nitrogens with one attached hydrogen (secondary N) is 1. The molecule has 0 atom stereocenters. The van der Waals surface area contributed by atoms with E-state index < -0.39 is 11.2 Å². The van der Waals surface area contributed by atoms with Gasteiger partial charge in [-0.2, -0.15) is 0 Å². The third-order valence-corrected chi connectivity index (χ3v) is 6.37. The number of rotatable bonds is 7. The molecule has 0 spiro atoms. The van der Waals surface area contributed by atoms with Crippen LogP contribution >= 0.6 is 27.7 Å². The number of unbranched alkanes of at least 4 members (excludes halogenated alkanes) is 1. The Bertz CT molecular complexity index is 1300. The van der Waals surface area contributed by atoms with E-state index in [1.807, 2.05) is 35.0 Å². The van der Waals surface area contributed by atoms with Crippen LogP contribution in [-0.2, 0) is 19.3 Å². The first-order valence-corrected chi connectivity index (χ1v) is 11.4. The molecule has 4 rings (SSSR count). The number of aromatic nitrogens is 6. The quantitative estimate of drug-likeness (QED) is 0.402. The minimum absolute atomic E-state index is 0.412. The van der Waals surface area contributed by atoms with E-state index in [0.717, 1.165) is 28.2 Å². The van der Waals surface area contributed by atoms with Crippen molar-refractivity contribution in [3.63, 3.8) is 0 Å². The summed E-state index contributed by atoms with van der Waals surface area (Å²) in [6, 6.07) is 7.99. The van der Waals surface area contributed by atoms with Crippen LogP contribution in [-0.4, -0.2) is 28.7 Å². The first-order chi connectivity index (χ1) is 14.5. The van der Waals surface area contributed by atoms with Gasteiger partial charge in [0, 0.05) is 36.1 Å². The number of hydrogen-bond acceptors (Lipinski definition) is 5. The molecular formula is C20H21BrN6O2S. The largest absolute Gasteiger partial charge is 0.330 e. The summed E-state index contributed by atoms with van der Waals surface area (Å²) in [5, 5.41) is 0.821. The van der Waals surface area contributed by atoms with Gasteiger partial charge in [-0.05, 0) is 30.7 Å². The molecule has 0 aliphatic heterocycles. The van der Waals surface area contributed by atoms with E-state index in [4.69, 9.17) is 0 Å². The lowest BCUT2D eigenvalue weighted by Gasteiger charge is -2.07. The van der Waals surface area contributed by atoms with Crippen LogP contribution < -0.4 is 11.2 Å². The van der Waals surface area contributed by atoms with Crippen LogP contribution in [0.1, 0.15) is 25.6 Å². The second kappa shape index (κ2) is 8.65. The average molecular weight is 489 g/mol. The highest BCUT2D eigenvalue weighted by molar-refractivity contribution is 9.10. The number of aryl methyl sites for hydroxylation is 2. The van der Waals surface area contributed by atoms with Gasteiger partial charge in [-0.3, -0.25) is 18.9 Å². The van der Waals surface area contributed by atoms with E-state index in [1.165, 1.54) is 11.8 Å². The van der Waals surface area contributed by atoms with Crippen molar-refractivity contribution >= 4 is 38.9 Å². The number of aromatic amines is 1. The van der Waals surface area contributed by atoms with Gasteiger partial charge in [-0.15, -0.1) is 0 Å². The summed E-state index contributed by atoms with van der Waals surface area (Å²) in [7, 11) is 1.80. The van der Waals surface area contributed by atoms with Gasteiger partial charge in [0.2, 0.25) is 0 Å². The normalized spacial score (nSPS) is 11.4. The van der Waals surface area contributed by atoms with Crippen molar-refractivity contribution in [2.45, 2.75) is 37.2 Å². The second-order valence-corrected chi connectivity index (χ2v) is 8.73. The highest BCUT2D eigenvalue weighted by Crippen LogP contribution is 2.25. The minimum atomic E-state index is -0.413. The molecule has 0 bridgehead atoms. The topological polar surface area (TPSA) is 90.5 Å². The van der Waals surface area contributed by atoms with E-state index >= 15 is 0 Å². The zero-order valence-electron chi connectivity index (χ0n) is 16.6. The van der Waals surface area contributed by atoms with Crippen molar-refractivity contribution in [1.29, 1.82) is 0 Å². The Balaban J connectivity index is 1.66. The number of halogens is 1. The number of fused-ring (bicyclic) bond motifs is 1. The molecule has 8 nitrogen and oxygen atoms in total. The van der Waals surface area contributed by atoms with Crippen LogP contribution in [0.5, 0.6) is 0 Å². The average Bonchev–Trinajstić information content (AvgIpc) is 3.31. The van der Waals surface area contributed by atoms with Crippen LogP contribution in [0.2, 0.25) is 0 Å². The Morgan fingerprint density at radius 3 is 2.70 bits per heavy atom. The number of H-pyrrole nitrogens is 1. The summed E-state index contributed by atoms with van der Waals surface area (Å²) in [6.07, 6.45) is 5.45. The Morgan fingerprint density at radius 2 is 1.97 bits per heavy atom. The minimum Gasteiger partial charge on any atom is -0.325 e. The molecular weight excluding hydrogens is 468 g/mol. The lowest BCUT2D eigenvalue weighted by molar-refractivity contribution is 0.613. The highest BCUT2D eigenvalue weighted by atomic mass is 79.9. The molecule has 0 aliphatic carbocycles. The SMILES string of the molecule is CCCCn1c(=O)[nH]c(=O)c2c1nc(CSc1nccn1-c1ccc(Br)cc1)n2C. The molecule has 0 radical (unpaired) electrons. The molecule has 4 aromatic rings. The third-order valence-electron chi connectivity index (χ3n) is 4.88. The van der Waals surface area contributed by atoms with E-state index in [1.54, 1.807) is 22.4 Å². The number of imidazole rings is 2. The molecule has 0 aliphatic rings. The van der Waals surface area contributed by atoms with Gasteiger partial charge in [-0.25, -0.2) is 14.8 Å². The van der Waals surface area contributed by atoms with Crippen molar-refractivity contribution in [2.24, 2.45) is 7.05 Å². The molecule has 1 N–H and O–H groups in total. The fourth-order valence-corrected chi connectivity index (χ4v) is 4.49. The van der Waals surface area contributed by atoms with Crippen molar-refractivity contribution in [3.8, 4) is 5.69 Å². The summed E-state index contributed by atoms with van der Waals surface area (Å²) >= 11 is 4.98. The Morgan fingerprint density at radius 1 is 1.20 bits per heavy atom. The van der Waals surface area contributed by atoms with E-state index in [0.29, 0.717) is 29.3 Å². The lowest BCUT2D eigenvalue weighted by Crippen LogP contribution is -2.31. The molecule has 156 valence electrons. The third kappa shape index (κ3) is 3.89. The number of thioether (sulfide) groups is 1. The summed E-state index contributed by atoms with van der Waals surface area (Å²) in [5.74, 6) is 1.22. The van der Waals surface area contributed by atoms with E-state index in [2.05, 4.69) is 37.8 Å². The van der Waals surface area contributed by atoms with Gasteiger partial charge in [-0.1, -0.05) is 41.0 Å². The number of nitrogens with zero attached hydrogens (tertiary/aromatic N) is 5. The molecule has 3 heterocycles. The monoisotopic (exact) mass is 488 g/mol. The fourth-order valence-electron chi connectivity index (χ4n) is 3.27. The Hall–Kier alpha value is -2.59. The predicted octanol–water partition coefficient (Wildman–Crippen LogP) is 3.46. The fraction of sp³-hybridized carbons (Fsp3) is 0.300. The lowest BCUT2D eigenvalue weighted by atomic mass is 10.3. The van der Waals surface area contributed by atoms with Crippen molar-refractivity contribution in [1.82, 2.24) is 28.7 Å². The highest BCUT2D eigenvalue weighted by Gasteiger charge is 2.17. The maximum absolute atomic E-state index is 12.4. The molecule has 1 aromatic carbocycles. The van der Waals surface area contributed by atoms with Gasteiger partial charge in [0.25, 0.3) is 5.56 Å². The van der Waals surface area contributed by atoms with Gasteiger partial charge in [0.05, 0.1) is 5.75 Å². The molecule has 0 saturated heterocycles. The predicted molar refractivity (Wildman–Crippen MR) is 121 cm³/mol. The van der Waals surface area contributed by atoms with Crippen LogP contribution in [0.25, 0.3) is 16.9 Å². The van der Waals surface area contributed by atoms with Crippen LogP contribution in [0, 0.1) is 0 Å². The standard InChI is InChI=1S/C20H21BrN6O2S/c1-3-4-10-27-17-16(18(28)24-19(27)29)25(2)15(23-17)12-30-20-22-9-11-26(20)14-7-5-13(21)6-8-14/h5-9,11H,3-4,10,12H2,1-2H3,(H,24,28,29). The smallest absolute Gasteiger partial charge is 0.325 e. The zero-order valence-corrected chi connectivity index (χ0v) is 19.0. The number of hydrogen-bond donors (Lipinski definition) is 1. The Labute approximate surface area is 185 Å². The second-order valence-electron chi connectivity index (χ2n) is 6.87. The van der Waals surface area contributed by atoms with Gasteiger partial charge >= 0.3 is 5.69 Å². The summed E-state index contributed by atoms with van der Waals surface area (Å²) < 4.78 is 6.33. The van der Waals surface area contributed by atoms with Gasteiger partial charge in [0.15, 0.2) is 16.3 Å². The summed E-state index contributed by atoms with van der Waals surface area (Å²) in [6.45, 7) is 2.59. The van der Waals surface area contributed by atoms with Crippen LogP contribution in [0.3, 0.4) is 0 Å². The van der Waals surface area contributed by atoms with Crippen LogP contribution in [0.4, 0.5) is 0 Å². The van der Waals surface area contributed by atoms with Gasteiger partial charge < -0.3 is 4.57 Å². The van der Waals surface area contributed by atoms with E-state index in [-0.39, 0.29) is 0 Å². The molecule has 0 amide bonds. The Kier molecular flexibility index (Phi) is 5.96. The van der Waals surface area contributed by atoms with Crippen LogP contribution in [0.15, 0.2) is 55.9 Å². The van der Waals surface area contributed by atoms with Crippen molar-refractivity contribution in [2.75, 3.05) is 0 Å². The number of benzene rings is 1. The maximum Gasteiger partial charge on any atom is 0.330 e. The zero-order chi connectivity index (χ0) is 21.3. The molecule has 0 saturated carbocycles. The molecule has 10 heteroatoms. The molecule has 3 aromatic heterocycles. The first kappa shape index (κ1) is 20.7. The molecule has 0 fully saturated rings.